The zero-order chi connectivity index (χ0) is 18.7. The molecule has 0 aliphatic carbocycles. The van der Waals surface area contributed by atoms with E-state index in [1.165, 1.54) is 12.1 Å². The summed E-state index contributed by atoms with van der Waals surface area (Å²) in [6.07, 6.45) is 3.12. The van der Waals surface area contributed by atoms with Crippen molar-refractivity contribution in [1.82, 2.24) is 0 Å². The predicted molar refractivity (Wildman–Crippen MR) is 103 cm³/mol. The van der Waals surface area contributed by atoms with Crippen LogP contribution in [0.3, 0.4) is 0 Å². The quantitative estimate of drug-likeness (QED) is 0.359. The summed E-state index contributed by atoms with van der Waals surface area (Å²) < 4.78 is 10.9. The molecule has 26 heavy (non-hydrogen) atoms. The van der Waals surface area contributed by atoms with Crippen molar-refractivity contribution in [1.29, 1.82) is 0 Å². The van der Waals surface area contributed by atoms with Gasteiger partial charge in [-0.25, -0.2) is 4.79 Å². The monoisotopic (exact) mass is 368 g/mol. The summed E-state index contributed by atoms with van der Waals surface area (Å²) in [5.41, 5.74) is 1.56. The number of fused-ring (bicyclic) bond motifs is 1. The van der Waals surface area contributed by atoms with Crippen LogP contribution in [0.2, 0.25) is 5.02 Å². The number of aryl methyl sites for hydroxylation is 1. The summed E-state index contributed by atoms with van der Waals surface area (Å²) in [5.74, 6) is 0.0854. The van der Waals surface area contributed by atoms with Crippen LogP contribution in [0, 0.1) is 6.92 Å². The molecule has 0 atom stereocenters. The van der Waals surface area contributed by atoms with Gasteiger partial charge in [-0.15, -0.1) is 0 Å². The fraction of sp³-hybridized carbons (Fsp3) is 0.143. The molecule has 0 saturated carbocycles. The van der Waals surface area contributed by atoms with Crippen molar-refractivity contribution < 1.29 is 13.9 Å². The summed E-state index contributed by atoms with van der Waals surface area (Å²) in [7, 11) is 0. The first-order valence-electron chi connectivity index (χ1n) is 8.18. The highest BCUT2D eigenvalue weighted by Crippen LogP contribution is 2.30. The lowest BCUT2D eigenvalue weighted by Crippen LogP contribution is -2.06. The van der Waals surface area contributed by atoms with E-state index in [1.807, 2.05) is 19.1 Å². The minimum absolute atomic E-state index is 0.242. The van der Waals surface area contributed by atoms with E-state index in [0.29, 0.717) is 22.8 Å². The maximum Gasteiger partial charge on any atom is 0.336 e. The molecule has 1 heterocycles. The standard InChI is InChI=1S/C21H17ClO4/c1-3-25-18-11-9-16-13(2)12-19(24)26-21(16)20(18)17(23)10-6-14-4-7-15(22)8-5-14/h4-12H,3H2,1-2H3/b10-6+. The second kappa shape index (κ2) is 7.58. The number of ether oxygens (including phenoxy) is 1. The number of rotatable bonds is 5. The zero-order valence-corrected chi connectivity index (χ0v) is 15.2. The van der Waals surface area contributed by atoms with E-state index in [9.17, 15) is 9.59 Å². The molecule has 4 nitrogen and oxygen atoms in total. The van der Waals surface area contributed by atoms with Crippen molar-refractivity contribution in [2.45, 2.75) is 13.8 Å². The van der Waals surface area contributed by atoms with Crippen LogP contribution in [0.4, 0.5) is 0 Å². The molecule has 0 saturated heterocycles. The third kappa shape index (κ3) is 3.70. The van der Waals surface area contributed by atoms with Gasteiger partial charge < -0.3 is 9.15 Å². The highest BCUT2D eigenvalue weighted by molar-refractivity contribution is 6.30. The van der Waals surface area contributed by atoms with E-state index >= 15 is 0 Å². The van der Waals surface area contributed by atoms with Crippen molar-refractivity contribution in [2.24, 2.45) is 0 Å². The number of hydrogen-bond donors (Lipinski definition) is 0. The summed E-state index contributed by atoms with van der Waals surface area (Å²) in [4.78, 5) is 24.7. The molecule has 0 aliphatic rings. The topological polar surface area (TPSA) is 56.5 Å². The second-order valence-corrected chi connectivity index (χ2v) is 6.18. The number of allylic oxidation sites excluding steroid dienone is 1. The van der Waals surface area contributed by atoms with Crippen LogP contribution in [-0.4, -0.2) is 12.4 Å². The van der Waals surface area contributed by atoms with E-state index in [0.717, 1.165) is 11.1 Å². The molecule has 3 rings (SSSR count). The van der Waals surface area contributed by atoms with E-state index < -0.39 is 5.63 Å². The Kier molecular flexibility index (Phi) is 5.24. The smallest absolute Gasteiger partial charge is 0.336 e. The van der Waals surface area contributed by atoms with Gasteiger partial charge in [0, 0.05) is 16.5 Å². The van der Waals surface area contributed by atoms with Crippen molar-refractivity contribution in [3.8, 4) is 5.75 Å². The van der Waals surface area contributed by atoms with Gasteiger partial charge in [0.05, 0.1) is 6.61 Å². The molecular formula is C21H17ClO4. The Morgan fingerprint density at radius 2 is 1.92 bits per heavy atom. The lowest BCUT2D eigenvalue weighted by molar-refractivity contribution is 0.104. The first-order chi connectivity index (χ1) is 12.5. The molecule has 0 amide bonds. The molecule has 0 aliphatic heterocycles. The lowest BCUT2D eigenvalue weighted by atomic mass is 10.0. The molecule has 0 fully saturated rings. The Balaban J connectivity index is 2.11. The Hall–Kier alpha value is -2.85. The Morgan fingerprint density at radius 3 is 2.62 bits per heavy atom. The van der Waals surface area contributed by atoms with Gasteiger partial charge in [-0.2, -0.15) is 0 Å². The minimum Gasteiger partial charge on any atom is -0.493 e. The van der Waals surface area contributed by atoms with Crippen LogP contribution >= 0.6 is 11.6 Å². The molecule has 0 spiro atoms. The SMILES string of the molecule is CCOc1ccc2c(C)cc(=O)oc2c1C(=O)/C=C/c1ccc(Cl)cc1. The number of ketones is 1. The number of hydrogen-bond acceptors (Lipinski definition) is 4. The second-order valence-electron chi connectivity index (χ2n) is 5.75. The average molecular weight is 369 g/mol. The summed E-state index contributed by atoms with van der Waals surface area (Å²) in [5, 5.41) is 1.33. The van der Waals surface area contributed by atoms with Crippen molar-refractivity contribution >= 4 is 34.4 Å². The van der Waals surface area contributed by atoms with Crippen LogP contribution in [0.1, 0.15) is 28.4 Å². The minimum atomic E-state index is -0.501. The number of carbonyl (C=O) groups excluding carboxylic acids is 1. The summed E-state index contributed by atoms with van der Waals surface area (Å²) in [6.45, 7) is 4.02. The first kappa shape index (κ1) is 18.0. The normalized spacial score (nSPS) is 11.2. The largest absolute Gasteiger partial charge is 0.493 e. The van der Waals surface area contributed by atoms with Gasteiger partial charge in [-0.05, 0) is 55.3 Å². The van der Waals surface area contributed by atoms with E-state index in [4.69, 9.17) is 20.8 Å². The Labute approximate surface area is 155 Å². The number of halogens is 1. The fourth-order valence-corrected chi connectivity index (χ4v) is 2.83. The molecule has 0 N–H and O–H groups in total. The third-order valence-corrected chi connectivity index (χ3v) is 4.18. The molecule has 0 radical (unpaired) electrons. The van der Waals surface area contributed by atoms with E-state index in [-0.39, 0.29) is 16.9 Å². The van der Waals surface area contributed by atoms with E-state index in [1.54, 1.807) is 37.3 Å². The molecule has 3 aromatic rings. The Morgan fingerprint density at radius 1 is 1.19 bits per heavy atom. The Bertz CT molecular complexity index is 1050. The molecule has 2 aromatic carbocycles. The van der Waals surface area contributed by atoms with Gasteiger partial charge in [0.25, 0.3) is 0 Å². The predicted octanol–water partition coefficient (Wildman–Crippen LogP) is 5.05. The molecular weight excluding hydrogens is 352 g/mol. The fourth-order valence-electron chi connectivity index (χ4n) is 2.70. The molecule has 0 unspecified atom stereocenters. The van der Waals surface area contributed by atoms with Gasteiger partial charge >= 0.3 is 5.63 Å². The van der Waals surface area contributed by atoms with Crippen LogP contribution in [0.15, 0.2) is 57.8 Å². The summed E-state index contributed by atoms with van der Waals surface area (Å²) >= 11 is 5.87. The van der Waals surface area contributed by atoms with Gasteiger partial charge in [0.2, 0.25) is 0 Å². The van der Waals surface area contributed by atoms with Crippen molar-refractivity contribution in [2.75, 3.05) is 6.61 Å². The van der Waals surface area contributed by atoms with Gasteiger partial charge in [-0.3, -0.25) is 4.79 Å². The van der Waals surface area contributed by atoms with Crippen LogP contribution in [0.5, 0.6) is 5.75 Å². The van der Waals surface area contributed by atoms with Crippen LogP contribution in [-0.2, 0) is 0 Å². The third-order valence-electron chi connectivity index (χ3n) is 3.92. The highest BCUT2D eigenvalue weighted by atomic mass is 35.5. The first-order valence-corrected chi connectivity index (χ1v) is 8.55. The van der Waals surface area contributed by atoms with Crippen molar-refractivity contribution in [3.05, 3.63) is 80.7 Å². The van der Waals surface area contributed by atoms with Gasteiger partial charge in [0.1, 0.15) is 11.3 Å². The highest BCUT2D eigenvalue weighted by Gasteiger charge is 2.18. The van der Waals surface area contributed by atoms with Crippen LogP contribution < -0.4 is 10.4 Å². The summed E-state index contributed by atoms with van der Waals surface area (Å²) in [6, 6.07) is 12.0. The lowest BCUT2D eigenvalue weighted by Gasteiger charge is -2.11. The van der Waals surface area contributed by atoms with E-state index in [2.05, 4.69) is 0 Å². The molecule has 5 heteroatoms. The average Bonchev–Trinajstić information content (AvgIpc) is 2.61. The van der Waals surface area contributed by atoms with Crippen LogP contribution in [0.25, 0.3) is 17.0 Å². The number of benzene rings is 2. The molecule has 132 valence electrons. The number of carbonyl (C=O) groups is 1. The molecule has 0 bridgehead atoms. The van der Waals surface area contributed by atoms with Gasteiger partial charge in [0.15, 0.2) is 11.4 Å². The molecule has 1 aromatic heterocycles. The maximum absolute atomic E-state index is 12.9. The maximum atomic E-state index is 12.9. The van der Waals surface area contributed by atoms with Crippen molar-refractivity contribution in [3.63, 3.8) is 0 Å². The zero-order valence-electron chi connectivity index (χ0n) is 14.4. The van der Waals surface area contributed by atoms with Gasteiger partial charge in [-0.1, -0.05) is 29.8 Å².